The molecule has 0 aliphatic carbocycles. The highest BCUT2D eigenvalue weighted by Crippen LogP contribution is 2.10. The van der Waals surface area contributed by atoms with Crippen molar-refractivity contribution in [2.45, 2.75) is 0 Å². The minimum Gasteiger partial charge on any atom is -0.478 e. The molecule has 0 spiro atoms. The van der Waals surface area contributed by atoms with Gasteiger partial charge in [-0.25, -0.2) is 4.79 Å². The van der Waals surface area contributed by atoms with Gasteiger partial charge in [-0.3, -0.25) is 0 Å². The summed E-state index contributed by atoms with van der Waals surface area (Å²) in [6, 6.07) is 6.88. The molecular formula is C11H15IN2O2. The van der Waals surface area contributed by atoms with Crippen molar-refractivity contribution in [3.63, 3.8) is 0 Å². The quantitative estimate of drug-likeness (QED) is 0.675. The van der Waals surface area contributed by atoms with E-state index in [0.717, 1.165) is 29.7 Å². The average Bonchev–Trinajstić information content (AvgIpc) is 2.32. The van der Waals surface area contributed by atoms with Crippen LogP contribution in [0.4, 0.5) is 0 Å². The third kappa shape index (κ3) is 4.91. The predicted molar refractivity (Wildman–Crippen MR) is 71.9 cm³/mol. The number of carbonyl (C=O) groups is 1. The Balaban J connectivity index is 0.000000181. The normalized spacial score (nSPS) is 14.8. The first-order valence-corrected chi connectivity index (χ1v) is 6.19. The smallest absolute Gasteiger partial charge is 0.336 e. The summed E-state index contributed by atoms with van der Waals surface area (Å²) >= 11 is 1.99. The van der Waals surface area contributed by atoms with Gasteiger partial charge in [-0.05, 0) is 34.7 Å². The lowest BCUT2D eigenvalue weighted by Crippen LogP contribution is -2.39. The summed E-state index contributed by atoms with van der Waals surface area (Å²) in [4.78, 5) is 10.4. The van der Waals surface area contributed by atoms with E-state index < -0.39 is 5.97 Å². The standard InChI is InChI=1S/C7H5IO2.C4H10N2/c8-6-4-2-1-3-5(6)7(9)10;1-2-6-4-3-5-1/h1-4H,(H,9,10);5-6H,1-4H2. The molecule has 1 aromatic carbocycles. The molecule has 0 aromatic heterocycles. The third-order valence-electron chi connectivity index (χ3n) is 2.06. The van der Waals surface area contributed by atoms with Gasteiger partial charge in [-0.15, -0.1) is 0 Å². The van der Waals surface area contributed by atoms with Crippen LogP contribution < -0.4 is 10.6 Å². The molecule has 5 heteroatoms. The van der Waals surface area contributed by atoms with E-state index in [1.165, 1.54) is 0 Å². The van der Waals surface area contributed by atoms with Crippen molar-refractivity contribution in [2.24, 2.45) is 0 Å². The van der Waals surface area contributed by atoms with Gasteiger partial charge in [0.1, 0.15) is 0 Å². The topological polar surface area (TPSA) is 61.4 Å². The number of rotatable bonds is 1. The van der Waals surface area contributed by atoms with Gasteiger partial charge in [0.05, 0.1) is 5.56 Å². The number of aromatic carboxylic acids is 1. The molecule has 2 rings (SSSR count). The van der Waals surface area contributed by atoms with Crippen LogP contribution in [0.1, 0.15) is 10.4 Å². The van der Waals surface area contributed by atoms with Crippen LogP contribution in [0.15, 0.2) is 24.3 Å². The SMILES string of the molecule is C1CNCCN1.O=C(O)c1ccccc1I. The maximum atomic E-state index is 10.4. The minimum atomic E-state index is -0.870. The van der Waals surface area contributed by atoms with Crippen LogP contribution in [-0.4, -0.2) is 37.3 Å². The predicted octanol–water partition coefficient (Wildman–Crippen LogP) is 1.17. The van der Waals surface area contributed by atoms with Gasteiger partial charge in [-0.1, -0.05) is 12.1 Å². The Morgan fingerprint density at radius 1 is 1.12 bits per heavy atom. The molecule has 88 valence electrons. The van der Waals surface area contributed by atoms with E-state index in [2.05, 4.69) is 10.6 Å². The summed E-state index contributed by atoms with van der Waals surface area (Å²) in [7, 11) is 0. The van der Waals surface area contributed by atoms with E-state index in [0.29, 0.717) is 5.56 Å². The van der Waals surface area contributed by atoms with E-state index >= 15 is 0 Å². The summed E-state index contributed by atoms with van der Waals surface area (Å²) in [5.41, 5.74) is 0.364. The highest BCUT2D eigenvalue weighted by Gasteiger charge is 2.04. The third-order valence-corrected chi connectivity index (χ3v) is 3.00. The first-order chi connectivity index (χ1) is 7.72. The molecule has 0 saturated carbocycles. The second-order valence-electron chi connectivity index (χ2n) is 3.28. The Morgan fingerprint density at radius 3 is 1.94 bits per heavy atom. The number of carboxylic acids is 1. The van der Waals surface area contributed by atoms with E-state index in [4.69, 9.17) is 5.11 Å². The van der Waals surface area contributed by atoms with Gasteiger partial charge >= 0.3 is 5.97 Å². The molecule has 0 radical (unpaired) electrons. The maximum Gasteiger partial charge on any atom is 0.336 e. The largest absolute Gasteiger partial charge is 0.478 e. The van der Waals surface area contributed by atoms with Gasteiger partial charge < -0.3 is 15.7 Å². The van der Waals surface area contributed by atoms with Gasteiger partial charge in [-0.2, -0.15) is 0 Å². The number of benzene rings is 1. The van der Waals surface area contributed by atoms with Crippen LogP contribution in [0.2, 0.25) is 0 Å². The van der Waals surface area contributed by atoms with Crippen molar-refractivity contribution in [3.8, 4) is 0 Å². The monoisotopic (exact) mass is 334 g/mol. The number of carboxylic acid groups (broad SMARTS) is 1. The first-order valence-electron chi connectivity index (χ1n) is 5.11. The maximum absolute atomic E-state index is 10.4. The number of hydrogen-bond donors (Lipinski definition) is 3. The van der Waals surface area contributed by atoms with E-state index in [-0.39, 0.29) is 0 Å². The van der Waals surface area contributed by atoms with Gasteiger partial charge in [0.15, 0.2) is 0 Å². The van der Waals surface area contributed by atoms with E-state index in [1.54, 1.807) is 18.2 Å². The lowest BCUT2D eigenvalue weighted by Gasteiger charge is -2.11. The van der Waals surface area contributed by atoms with Crippen LogP contribution in [0.25, 0.3) is 0 Å². The molecule has 1 aliphatic heterocycles. The van der Waals surface area contributed by atoms with Crippen LogP contribution in [0.3, 0.4) is 0 Å². The number of nitrogens with one attached hydrogen (secondary N) is 2. The number of piperazine rings is 1. The fourth-order valence-corrected chi connectivity index (χ4v) is 1.86. The zero-order valence-electron chi connectivity index (χ0n) is 8.87. The van der Waals surface area contributed by atoms with Gasteiger partial charge in [0.25, 0.3) is 0 Å². The highest BCUT2D eigenvalue weighted by atomic mass is 127. The summed E-state index contributed by atoms with van der Waals surface area (Å²) < 4.78 is 0.771. The second-order valence-corrected chi connectivity index (χ2v) is 4.45. The van der Waals surface area contributed by atoms with Gasteiger partial charge in [0, 0.05) is 29.7 Å². The lowest BCUT2D eigenvalue weighted by atomic mass is 10.2. The highest BCUT2D eigenvalue weighted by molar-refractivity contribution is 14.1. The van der Waals surface area contributed by atoms with Crippen LogP contribution >= 0.6 is 22.6 Å². The average molecular weight is 334 g/mol. The van der Waals surface area contributed by atoms with E-state index in [9.17, 15) is 4.79 Å². The molecule has 1 saturated heterocycles. The molecule has 0 bridgehead atoms. The van der Waals surface area contributed by atoms with Crippen molar-refractivity contribution < 1.29 is 9.90 Å². The molecule has 0 unspecified atom stereocenters. The molecule has 0 atom stereocenters. The second kappa shape index (κ2) is 7.59. The molecular weight excluding hydrogens is 319 g/mol. The molecule has 1 fully saturated rings. The van der Waals surface area contributed by atoms with Crippen molar-refractivity contribution >= 4 is 28.6 Å². The summed E-state index contributed by atoms with van der Waals surface area (Å²) in [6.45, 7) is 4.56. The first kappa shape index (κ1) is 13.4. The molecule has 16 heavy (non-hydrogen) atoms. The van der Waals surface area contributed by atoms with Gasteiger partial charge in [0.2, 0.25) is 0 Å². The zero-order valence-corrected chi connectivity index (χ0v) is 11.0. The van der Waals surface area contributed by atoms with Crippen LogP contribution in [0.5, 0.6) is 0 Å². The Kier molecular flexibility index (Phi) is 6.36. The van der Waals surface area contributed by atoms with Crippen LogP contribution in [0, 0.1) is 3.57 Å². The summed E-state index contributed by atoms with van der Waals surface area (Å²) in [6.07, 6.45) is 0. The summed E-state index contributed by atoms with van der Waals surface area (Å²) in [5.74, 6) is -0.870. The Hall–Kier alpha value is -0.660. The fraction of sp³-hybridized carbons (Fsp3) is 0.364. The molecule has 1 aliphatic rings. The molecule has 3 N–H and O–H groups in total. The Bertz CT molecular complexity index is 329. The van der Waals surface area contributed by atoms with E-state index in [1.807, 2.05) is 28.7 Å². The zero-order chi connectivity index (χ0) is 11.8. The molecule has 4 nitrogen and oxygen atoms in total. The molecule has 0 amide bonds. The van der Waals surface area contributed by atoms with Crippen molar-refractivity contribution in [2.75, 3.05) is 26.2 Å². The lowest BCUT2D eigenvalue weighted by molar-refractivity contribution is 0.0695. The Labute approximate surface area is 109 Å². The van der Waals surface area contributed by atoms with Crippen molar-refractivity contribution in [1.29, 1.82) is 0 Å². The van der Waals surface area contributed by atoms with Crippen molar-refractivity contribution in [1.82, 2.24) is 10.6 Å². The molecule has 1 aromatic rings. The van der Waals surface area contributed by atoms with Crippen LogP contribution in [-0.2, 0) is 0 Å². The molecule has 1 heterocycles. The number of halogens is 1. The summed E-state index contributed by atoms with van der Waals surface area (Å²) in [5, 5.41) is 15.0. The minimum absolute atomic E-state index is 0.364. The van der Waals surface area contributed by atoms with Crippen molar-refractivity contribution in [3.05, 3.63) is 33.4 Å². The Morgan fingerprint density at radius 2 is 1.62 bits per heavy atom. The fourth-order valence-electron chi connectivity index (χ4n) is 1.24. The number of hydrogen-bond acceptors (Lipinski definition) is 3.